The second-order valence-corrected chi connectivity index (χ2v) is 5.56. The molecule has 1 saturated carbocycles. The number of hydrogen-bond acceptors (Lipinski definition) is 2. The number of aryl methyl sites for hydroxylation is 1. The Morgan fingerprint density at radius 2 is 1.89 bits per heavy atom. The molecule has 3 rings (SSSR count). The van der Waals surface area contributed by atoms with Crippen LogP contribution in [0.3, 0.4) is 0 Å². The van der Waals surface area contributed by atoms with Crippen molar-refractivity contribution >= 4 is 0 Å². The van der Waals surface area contributed by atoms with Crippen LogP contribution in [0.15, 0.2) is 30.5 Å². The molecule has 3 heteroatoms. The zero-order valence-electron chi connectivity index (χ0n) is 11.4. The van der Waals surface area contributed by atoms with Gasteiger partial charge in [0, 0.05) is 0 Å². The quantitative estimate of drug-likeness (QED) is 0.883. The summed E-state index contributed by atoms with van der Waals surface area (Å²) in [5, 5.41) is 0. The van der Waals surface area contributed by atoms with Crippen LogP contribution in [0.4, 0.5) is 0 Å². The summed E-state index contributed by atoms with van der Waals surface area (Å²) >= 11 is 0. The molecule has 1 aromatic heterocycles. The Morgan fingerprint density at radius 3 is 2.53 bits per heavy atom. The number of H-pyrrole nitrogens is 1. The molecular formula is C16H21N3. The Morgan fingerprint density at radius 1 is 1.21 bits per heavy atom. The van der Waals surface area contributed by atoms with E-state index in [-0.39, 0.29) is 5.54 Å². The highest BCUT2D eigenvalue weighted by molar-refractivity contribution is 5.59. The van der Waals surface area contributed by atoms with Gasteiger partial charge in [0.2, 0.25) is 0 Å². The van der Waals surface area contributed by atoms with Gasteiger partial charge in [0.1, 0.15) is 5.82 Å². The van der Waals surface area contributed by atoms with Gasteiger partial charge in [-0.2, -0.15) is 0 Å². The van der Waals surface area contributed by atoms with E-state index in [0.717, 1.165) is 30.8 Å². The summed E-state index contributed by atoms with van der Waals surface area (Å²) < 4.78 is 0. The Labute approximate surface area is 114 Å². The number of imidazole rings is 1. The van der Waals surface area contributed by atoms with Gasteiger partial charge >= 0.3 is 0 Å². The molecule has 0 amide bonds. The fraction of sp³-hybridized carbons (Fsp3) is 0.438. The van der Waals surface area contributed by atoms with Crippen molar-refractivity contribution in [1.29, 1.82) is 0 Å². The molecule has 1 aliphatic rings. The monoisotopic (exact) mass is 255 g/mol. The van der Waals surface area contributed by atoms with E-state index in [9.17, 15) is 0 Å². The van der Waals surface area contributed by atoms with Crippen molar-refractivity contribution in [3.05, 3.63) is 41.9 Å². The molecule has 3 nitrogen and oxygen atoms in total. The van der Waals surface area contributed by atoms with E-state index in [0.29, 0.717) is 0 Å². The zero-order valence-corrected chi connectivity index (χ0v) is 11.4. The van der Waals surface area contributed by atoms with Gasteiger partial charge < -0.3 is 10.7 Å². The van der Waals surface area contributed by atoms with Crippen molar-refractivity contribution in [1.82, 2.24) is 9.97 Å². The van der Waals surface area contributed by atoms with Crippen LogP contribution in [-0.2, 0) is 12.0 Å². The van der Waals surface area contributed by atoms with Crippen molar-refractivity contribution in [2.45, 2.75) is 44.6 Å². The summed E-state index contributed by atoms with van der Waals surface area (Å²) in [6.45, 7) is 2.17. The van der Waals surface area contributed by atoms with Gasteiger partial charge in [-0.3, -0.25) is 0 Å². The summed E-state index contributed by atoms with van der Waals surface area (Å²) in [4.78, 5) is 7.92. The van der Waals surface area contributed by atoms with Crippen molar-refractivity contribution in [3.8, 4) is 11.3 Å². The molecule has 0 unspecified atom stereocenters. The van der Waals surface area contributed by atoms with E-state index < -0.39 is 0 Å². The van der Waals surface area contributed by atoms with Crippen molar-refractivity contribution in [3.63, 3.8) is 0 Å². The average molecular weight is 255 g/mol. The maximum atomic E-state index is 6.42. The van der Waals surface area contributed by atoms with Crippen LogP contribution in [0, 0.1) is 0 Å². The third-order valence-electron chi connectivity index (χ3n) is 4.22. The Bertz CT molecular complexity index is 548. The number of rotatable bonds is 3. The molecule has 1 aliphatic carbocycles. The number of nitrogens with two attached hydrogens (primary N) is 1. The van der Waals surface area contributed by atoms with E-state index >= 15 is 0 Å². The molecule has 19 heavy (non-hydrogen) atoms. The summed E-state index contributed by atoms with van der Waals surface area (Å²) in [7, 11) is 0. The molecule has 1 fully saturated rings. The van der Waals surface area contributed by atoms with Gasteiger partial charge in [0.15, 0.2) is 0 Å². The maximum Gasteiger partial charge on any atom is 0.126 e. The van der Waals surface area contributed by atoms with Crippen LogP contribution >= 0.6 is 0 Å². The minimum absolute atomic E-state index is 0.235. The molecule has 0 saturated heterocycles. The first-order valence-electron chi connectivity index (χ1n) is 7.15. The lowest BCUT2D eigenvalue weighted by Gasteiger charge is -2.20. The molecule has 0 radical (unpaired) electrons. The molecular weight excluding hydrogens is 234 g/mol. The molecule has 100 valence electrons. The number of nitrogens with zero attached hydrogens (tertiary/aromatic N) is 1. The molecule has 0 bridgehead atoms. The number of aromatic nitrogens is 2. The van der Waals surface area contributed by atoms with E-state index in [1.165, 1.54) is 24.0 Å². The highest BCUT2D eigenvalue weighted by Crippen LogP contribution is 2.35. The summed E-state index contributed by atoms with van der Waals surface area (Å²) in [5.41, 5.74) is 9.79. The van der Waals surface area contributed by atoms with Crippen molar-refractivity contribution in [2.24, 2.45) is 5.73 Å². The van der Waals surface area contributed by atoms with Crippen LogP contribution in [0.1, 0.15) is 44.0 Å². The lowest BCUT2D eigenvalue weighted by molar-refractivity contribution is 0.436. The third kappa shape index (κ3) is 2.30. The number of benzene rings is 1. The SMILES string of the molecule is CCc1ccc(-c2cnc(C3(N)CCCC3)[nH]2)cc1. The van der Waals surface area contributed by atoms with Gasteiger partial charge in [0.25, 0.3) is 0 Å². The Hall–Kier alpha value is -1.61. The highest BCUT2D eigenvalue weighted by atomic mass is 15.0. The van der Waals surface area contributed by atoms with Crippen molar-refractivity contribution in [2.75, 3.05) is 0 Å². The molecule has 0 spiro atoms. The summed E-state index contributed by atoms with van der Waals surface area (Å²) in [5.74, 6) is 0.944. The van der Waals surface area contributed by atoms with Crippen LogP contribution in [0.2, 0.25) is 0 Å². The first-order valence-corrected chi connectivity index (χ1v) is 7.15. The predicted octanol–water partition coefficient (Wildman–Crippen LogP) is 3.37. The number of nitrogens with one attached hydrogen (secondary N) is 1. The first-order chi connectivity index (χ1) is 9.21. The van der Waals surface area contributed by atoms with Crippen LogP contribution < -0.4 is 5.73 Å². The topological polar surface area (TPSA) is 54.7 Å². The lowest BCUT2D eigenvalue weighted by Crippen LogP contribution is -2.34. The standard InChI is InChI=1S/C16H21N3/c1-2-12-5-7-13(8-6-12)14-11-18-15(19-14)16(17)9-3-4-10-16/h5-8,11H,2-4,9-10,17H2,1H3,(H,18,19). The van der Waals surface area contributed by atoms with Gasteiger partial charge in [-0.25, -0.2) is 4.98 Å². The van der Waals surface area contributed by atoms with Gasteiger partial charge in [-0.1, -0.05) is 44.0 Å². The predicted molar refractivity (Wildman–Crippen MR) is 77.7 cm³/mol. The van der Waals surface area contributed by atoms with Crippen LogP contribution in [0.25, 0.3) is 11.3 Å². The molecule has 2 aromatic rings. The van der Waals surface area contributed by atoms with Gasteiger partial charge in [-0.15, -0.1) is 0 Å². The summed E-state index contributed by atoms with van der Waals surface area (Å²) in [6.07, 6.45) is 7.46. The average Bonchev–Trinajstić information content (AvgIpc) is 3.08. The second kappa shape index (κ2) is 4.82. The number of hydrogen-bond donors (Lipinski definition) is 2. The minimum atomic E-state index is -0.235. The van der Waals surface area contributed by atoms with Crippen LogP contribution in [0.5, 0.6) is 0 Å². The lowest BCUT2D eigenvalue weighted by atomic mass is 9.98. The fourth-order valence-corrected chi connectivity index (χ4v) is 2.88. The van der Waals surface area contributed by atoms with E-state index in [4.69, 9.17) is 5.73 Å². The van der Waals surface area contributed by atoms with E-state index in [1.807, 2.05) is 6.20 Å². The fourth-order valence-electron chi connectivity index (χ4n) is 2.88. The Balaban J connectivity index is 1.87. The third-order valence-corrected chi connectivity index (χ3v) is 4.22. The van der Waals surface area contributed by atoms with Crippen molar-refractivity contribution < 1.29 is 0 Å². The maximum absolute atomic E-state index is 6.42. The first kappa shape index (κ1) is 12.4. The van der Waals surface area contributed by atoms with Crippen LogP contribution in [-0.4, -0.2) is 9.97 Å². The normalized spacial score (nSPS) is 17.8. The van der Waals surface area contributed by atoms with E-state index in [2.05, 4.69) is 41.2 Å². The highest BCUT2D eigenvalue weighted by Gasteiger charge is 2.33. The molecule has 0 atom stereocenters. The van der Waals surface area contributed by atoms with Gasteiger partial charge in [-0.05, 0) is 30.4 Å². The molecule has 1 aromatic carbocycles. The number of aromatic amines is 1. The minimum Gasteiger partial charge on any atom is -0.340 e. The van der Waals surface area contributed by atoms with Gasteiger partial charge in [0.05, 0.1) is 17.4 Å². The molecule has 0 aliphatic heterocycles. The second-order valence-electron chi connectivity index (χ2n) is 5.56. The zero-order chi connectivity index (χ0) is 13.3. The van der Waals surface area contributed by atoms with E-state index in [1.54, 1.807) is 0 Å². The Kier molecular flexibility index (Phi) is 3.15. The summed E-state index contributed by atoms with van der Waals surface area (Å²) in [6, 6.07) is 8.63. The largest absolute Gasteiger partial charge is 0.340 e. The smallest absolute Gasteiger partial charge is 0.126 e. The molecule has 1 heterocycles. The molecule has 3 N–H and O–H groups in total.